The quantitative estimate of drug-likeness (QED) is 0.549. The molecule has 0 amide bonds. The molecule has 108 valence electrons. The van der Waals surface area contributed by atoms with E-state index in [1.54, 1.807) is 0 Å². The van der Waals surface area contributed by atoms with Crippen molar-refractivity contribution >= 4 is 5.97 Å². The van der Waals surface area contributed by atoms with Crippen molar-refractivity contribution in [1.29, 1.82) is 0 Å². The number of rotatable bonds is 9. The molecule has 0 saturated heterocycles. The average Bonchev–Trinajstić information content (AvgIpc) is 2.69. The first-order valence-corrected chi connectivity index (χ1v) is 6.99. The van der Waals surface area contributed by atoms with Crippen molar-refractivity contribution in [3.63, 3.8) is 0 Å². The summed E-state index contributed by atoms with van der Waals surface area (Å²) < 4.78 is 6.76. The van der Waals surface area contributed by atoms with Gasteiger partial charge in [-0.05, 0) is 33.2 Å². The number of carbonyl (C=O) groups excluding carboxylic acids is 1. The molecule has 0 unspecified atom stereocenters. The molecule has 5 heteroatoms. The first-order chi connectivity index (χ1) is 9.15. The van der Waals surface area contributed by atoms with Gasteiger partial charge in [0.1, 0.15) is 0 Å². The Bertz CT molecular complexity index is 388. The number of aromatic nitrogens is 2. The van der Waals surface area contributed by atoms with E-state index in [9.17, 15) is 4.79 Å². The fraction of sp³-hybridized carbons (Fsp3) is 0.714. The zero-order valence-corrected chi connectivity index (χ0v) is 12.2. The summed E-state index contributed by atoms with van der Waals surface area (Å²) in [6, 6.07) is 0. The highest BCUT2D eigenvalue weighted by molar-refractivity contribution is 5.69. The van der Waals surface area contributed by atoms with E-state index < -0.39 is 0 Å². The molecule has 0 aliphatic rings. The fourth-order valence-electron chi connectivity index (χ4n) is 1.87. The maximum absolute atomic E-state index is 11.1. The molecule has 1 aromatic rings. The predicted octanol–water partition coefficient (Wildman–Crippen LogP) is 1.94. The van der Waals surface area contributed by atoms with Crippen LogP contribution in [0.4, 0.5) is 0 Å². The molecule has 0 spiro atoms. The molecule has 0 aliphatic heterocycles. The lowest BCUT2D eigenvalue weighted by Crippen LogP contribution is -2.15. The van der Waals surface area contributed by atoms with Gasteiger partial charge in [-0.2, -0.15) is 5.10 Å². The number of unbranched alkanes of at least 4 members (excludes halogenated alkanes) is 2. The Balaban J connectivity index is 2.00. The van der Waals surface area contributed by atoms with Crippen LogP contribution in [0.3, 0.4) is 0 Å². The lowest BCUT2D eigenvalue weighted by molar-refractivity contribution is -0.143. The molecule has 0 aliphatic carbocycles. The summed E-state index contributed by atoms with van der Waals surface area (Å²) in [6.45, 7) is 6.21. The summed E-state index contributed by atoms with van der Waals surface area (Å²) >= 11 is 0. The second-order valence-corrected chi connectivity index (χ2v) is 4.67. The second kappa shape index (κ2) is 8.69. The van der Waals surface area contributed by atoms with Crippen molar-refractivity contribution in [3.8, 4) is 0 Å². The number of hydrogen-bond acceptors (Lipinski definition) is 4. The second-order valence-electron chi connectivity index (χ2n) is 4.67. The molecular weight excluding hydrogens is 242 g/mol. The van der Waals surface area contributed by atoms with Crippen molar-refractivity contribution in [1.82, 2.24) is 15.1 Å². The van der Waals surface area contributed by atoms with Crippen LogP contribution in [0.15, 0.2) is 6.20 Å². The van der Waals surface area contributed by atoms with Crippen molar-refractivity contribution in [2.75, 3.05) is 13.2 Å². The zero-order valence-electron chi connectivity index (χ0n) is 12.2. The first-order valence-electron chi connectivity index (χ1n) is 6.99. The van der Waals surface area contributed by atoms with Gasteiger partial charge in [0.15, 0.2) is 0 Å². The minimum atomic E-state index is -0.0820. The highest BCUT2D eigenvalue weighted by atomic mass is 16.5. The van der Waals surface area contributed by atoms with Crippen LogP contribution < -0.4 is 5.32 Å². The summed E-state index contributed by atoms with van der Waals surface area (Å²) in [5.74, 6) is -0.0820. The lowest BCUT2D eigenvalue weighted by atomic mass is 10.2. The smallest absolute Gasteiger partial charge is 0.305 e. The van der Waals surface area contributed by atoms with Gasteiger partial charge < -0.3 is 10.1 Å². The standard InChI is InChI=1S/C14H25N3O2/c1-4-19-14(18)8-6-5-7-9-15-10-13-11-16-17(3)12(13)2/h11,15H,4-10H2,1-3H3. The van der Waals surface area contributed by atoms with Gasteiger partial charge in [-0.1, -0.05) is 6.42 Å². The molecule has 0 saturated carbocycles. The normalized spacial score (nSPS) is 10.7. The van der Waals surface area contributed by atoms with Crippen LogP contribution in [0, 0.1) is 6.92 Å². The number of nitrogens with zero attached hydrogens (tertiary/aromatic N) is 2. The molecule has 0 aromatic carbocycles. The molecule has 0 atom stereocenters. The number of nitrogens with one attached hydrogen (secondary N) is 1. The average molecular weight is 267 g/mol. The van der Waals surface area contributed by atoms with Gasteiger partial charge in [0.25, 0.3) is 0 Å². The van der Waals surface area contributed by atoms with E-state index in [-0.39, 0.29) is 5.97 Å². The highest BCUT2D eigenvalue weighted by Crippen LogP contribution is 2.05. The van der Waals surface area contributed by atoms with Crippen LogP contribution >= 0.6 is 0 Å². The molecule has 1 rings (SSSR count). The number of carbonyl (C=O) groups is 1. The number of esters is 1. The van der Waals surface area contributed by atoms with E-state index >= 15 is 0 Å². The lowest BCUT2D eigenvalue weighted by Gasteiger charge is -2.05. The predicted molar refractivity (Wildman–Crippen MR) is 74.8 cm³/mol. The molecule has 5 nitrogen and oxygen atoms in total. The minimum Gasteiger partial charge on any atom is -0.466 e. The molecule has 0 bridgehead atoms. The van der Waals surface area contributed by atoms with Crippen molar-refractivity contribution in [3.05, 3.63) is 17.5 Å². The van der Waals surface area contributed by atoms with Crippen molar-refractivity contribution in [2.45, 2.75) is 46.1 Å². The van der Waals surface area contributed by atoms with E-state index in [1.165, 1.54) is 11.3 Å². The first kappa shape index (κ1) is 15.7. The van der Waals surface area contributed by atoms with Crippen molar-refractivity contribution < 1.29 is 9.53 Å². The van der Waals surface area contributed by atoms with Gasteiger partial charge in [-0.25, -0.2) is 0 Å². The van der Waals surface area contributed by atoms with Crippen LogP contribution in [0.1, 0.15) is 43.9 Å². The van der Waals surface area contributed by atoms with E-state index in [0.717, 1.165) is 32.4 Å². The van der Waals surface area contributed by atoms with Gasteiger partial charge in [0.05, 0.1) is 12.8 Å². The van der Waals surface area contributed by atoms with E-state index in [0.29, 0.717) is 13.0 Å². The van der Waals surface area contributed by atoms with Crippen molar-refractivity contribution in [2.24, 2.45) is 7.05 Å². The fourth-order valence-corrected chi connectivity index (χ4v) is 1.87. The number of ether oxygens (including phenoxy) is 1. The molecule has 1 heterocycles. The summed E-state index contributed by atoms with van der Waals surface area (Å²) in [7, 11) is 1.95. The molecule has 0 radical (unpaired) electrons. The van der Waals surface area contributed by atoms with Gasteiger partial charge in [-0.3, -0.25) is 9.48 Å². The summed E-state index contributed by atoms with van der Waals surface area (Å²) in [5, 5.41) is 7.61. The van der Waals surface area contributed by atoms with Gasteiger partial charge in [0.2, 0.25) is 0 Å². The summed E-state index contributed by atoms with van der Waals surface area (Å²) in [5.41, 5.74) is 2.45. The Hall–Kier alpha value is -1.36. The van der Waals surface area contributed by atoms with Crippen LogP contribution in [-0.2, 0) is 23.1 Å². The number of hydrogen-bond donors (Lipinski definition) is 1. The van der Waals surface area contributed by atoms with E-state index in [2.05, 4.69) is 17.3 Å². The van der Waals surface area contributed by atoms with Crippen LogP contribution in [0.25, 0.3) is 0 Å². The molecular formula is C14H25N3O2. The third kappa shape index (κ3) is 5.87. The van der Waals surface area contributed by atoms with Crippen LogP contribution in [0.2, 0.25) is 0 Å². The summed E-state index contributed by atoms with van der Waals surface area (Å²) in [6.07, 6.45) is 5.49. The maximum atomic E-state index is 11.1. The Morgan fingerprint density at radius 1 is 1.42 bits per heavy atom. The SMILES string of the molecule is CCOC(=O)CCCCCNCc1cnn(C)c1C. The van der Waals surface area contributed by atoms with Gasteiger partial charge >= 0.3 is 5.97 Å². The largest absolute Gasteiger partial charge is 0.466 e. The third-order valence-corrected chi connectivity index (χ3v) is 3.19. The highest BCUT2D eigenvalue weighted by Gasteiger charge is 2.03. The molecule has 1 N–H and O–H groups in total. The molecule has 0 fully saturated rings. The van der Waals surface area contributed by atoms with E-state index in [4.69, 9.17) is 4.74 Å². The minimum absolute atomic E-state index is 0.0820. The maximum Gasteiger partial charge on any atom is 0.305 e. The molecule has 19 heavy (non-hydrogen) atoms. The van der Waals surface area contributed by atoms with Crippen LogP contribution in [-0.4, -0.2) is 28.9 Å². The van der Waals surface area contributed by atoms with Gasteiger partial charge in [-0.15, -0.1) is 0 Å². The Morgan fingerprint density at radius 2 is 2.21 bits per heavy atom. The Morgan fingerprint density at radius 3 is 2.84 bits per heavy atom. The monoisotopic (exact) mass is 267 g/mol. The van der Waals surface area contributed by atoms with Crippen LogP contribution in [0.5, 0.6) is 0 Å². The van der Waals surface area contributed by atoms with E-state index in [1.807, 2.05) is 24.9 Å². The topological polar surface area (TPSA) is 56.1 Å². The third-order valence-electron chi connectivity index (χ3n) is 3.19. The molecule has 1 aromatic heterocycles. The van der Waals surface area contributed by atoms with Gasteiger partial charge in [0, 0.05) is 31.3 Å². The Labute approximate surface area is 115 Å². The Kier molecular flexibility index (Phi) is 7.18. The summed E-state index contributed by atoms with van der Waals surface area (Å²) in [4.78, 5) is 11.1. The number of aryl methyl sites for hydroxylation is 1. The zero-order chi connectivity index (χ0) is 14.1.